The summed E-state index contributed by atoms with van der Waals surface area (Å²) in [5, 5.41) is 6.13. The number of rotatable bonds is 7. The third-order valence-corrected chi connectivity index (χ3v) is 7.95. The molecule has 8 nitrogen and oxygen atoms in total. The normalized spacial score (nSPS) is 18.2. The quantitative estimate of drug-likeness (QED) is 0.481. The number of sulfonamides is 1. The van der Waals surface area contributed by atoms with Gasteiger partial charge in [0.05, 0.1) is 6.67 Å². The molecule has 0 N–H and O–H groups in total. The summed E-state index contributed by atoms with van der Waals surface area (Å²) in [6, 6.07) is 13.8. The van der Waals surface area contributed by atoms with Crippen LogP contribution >= 0.6 is 12.2 Å². The van der Waals surface area contributed by atoms with Crippen LogP contribution in [0.25, 0.3) is 17.5 Å². The van der Waals surface area contributed by atoms with Crippen LogP contribution in [0.4, 0.5) is 0 Å². The van der Waals surface area contributed by atoms with Crippen LogP contribution in [0.2, 0.25) is 0 Å². The second-order valence-corrected chi connectivity index (χ2v) is 10.5. The fraction of sp³-hybridized carbons (Fsp3) is 0.348. The molecule has 1 aromatic carbocycles. The van der Waals surface area contributed by atoms with Crippen LogP contribution in [0.3, 0.4) is 0 Å². The Bertz CT molecular complexity index is 1290. The largest absolute Gasteiger partial charge is 0.297 e. The molecule has 3 aromatic rings. The zero-order chi connectivity index (χ0) is 22.8. The van der Waals surface area contributed by atoms with Gasteiger partial charge in [0.2, 0.25) is 10.0 Å². The molecule has 172 valence electrons. The van der Waals surface area contributed by atoms with Crippen molar-refractivity contribution in [3.8, 4) is 11.4 Å². The zero-order valence-corrected chi connectivity index (χ0v) is 19.8. The lowest BCUT2D eigenvalue weighted by Crippen LogP contribution is -2.48. The molecule has 0 atom stereocenters. The van der Waals surface area contributed by atoms with Crippen LogP contribution in [-0.2, 0) is 16.7 Å². The van der Waals surface area contributed by atoms with E-state index in [4.69, 9.17) is 17.3 Å². The van der Waals surface area contributed by atoms with Crippen molar-refractivity contribution in [3.63, 3.8) is 0 Å². The van der Waals surface area contributed by atoms with E-state index in [1.165, 1.54) is 9.71 Å². The first kappa shape index (κ1) is 22.1. The highest BCUT2D eigenvalue weighted by atomic mass is 32.2. The van der Waals surface area contributed by atoms with E-state index in [2.05, 4.69) is 14.5 Å². The molecular formula is C23H26N6O2S2. The molecule has 1 aliphatic carbocycles. The minimum absolute atomic E-state index is 0.410. The van der Waals surface area contributed by atoms with Crippen LogP contribution in [0.15, 0.2) is 60.3 Å². The van der Waals surface area contributed by atoms with Crippen LogP contribution in [-0.4, -0.2) is 63.1 Å². The predicted molar refractivity (Wildman–Crippen MR) is 130 cm³/mol. The van der Waals surface area contributed by atoms with E-state index in [0.717, 1.165) is 29.8 Å². The fourth-order valence-electron chi connectivity index (χ4n) is 4.00. The van der Waals surface area contributed by atoms with Gasteiger partial charge >= 0.3 is 0 Å². The Morgan fingerprint density at radius 3 is 2.36 bits per heavy atom. The van der Waals surface area contributed by atoms with Gasteiger partial charge in [0.25, 0.3) is 0 Å². The monoisotopic (exact) mass is 482 g/mol. The lowest BCUT2D eigenvalue weighted by atomic mass is 10.2. The zero-order valence-electron chi connectivity index (χ0n) is 18.2. The standard InChI is InChI=1S/C23H26N6O2S2/c30-33(31,17-10-19-4-2-1-3-5-19)27-15-13-26(14-16-27)18-28-23(32)29(21-6-7-21)22(25-28)20-8-11-24-12-9-20/h1-5,8-12,17,21H,6-7,13-16,18H2/b17-10+. The van der Waals surface area contributed by atoms with Gasteiger partial charge in [0, 0.05) is 55.6 Å². The minimum atomic E-state index is -3.45. The van der Waals surface area contributed by atoms with Gasteiger partial charge in [-0.2, -0.15) is 9.40 Å². The summed E-state index contributed by atoms with van der Waals surface area (Å²) in [6.45, 7) is 2.68. The average molecular weight is 483 g/mol. The molecule has 2 aliphatic rings. The minimum Gasteiger partial charge on any atom is -0.297 e. The Morgan fingerprint density at radius 1 is 1.00 bits per heavy atom. The molecule has 1 aliphatic heterocycles. The van der Waals surface area contributed by atoms with E-state index < -0.39 is 10.0 Å². The van der Waals surface area contributed by atoms with E-state index in [1.54, 1.807) is 18.5 Å². The van der Waals surface area contributed by atoms with Gasteiger partial charge < -0.3 is 0 Å². The van der Waals surface area contributed by atoms with Crippen LogP contribution in [0.5, 0.6) is 0 Å². The summed E-state index contributed by atoms with van der Waals surface area (Å²) in [5.41, 5.74) is 1.87. The highest BCUT2D eigenvalue weighted by Crippen LogP contribution is 2.38. The third kappa shape index (κ3) is 4.98. The third-order valence-electron chi connectivity index (χ3n) is 5.98. The number of benzene rings is 1. The first-order chi connectivity index (χ1) is 16.0. The maximum absolute atomic E-state index is 12.7. The summed E-state index contributed by atoms with van der Waals surface area (Å²) in [6.07, 6.45) is 7.41. The molecule has 0 amide bonds. The second kappa shape index (κ2) is 9.30. The molecule has 2 aromatic heterocycles. The molecule has 0 unspecified atom stereocenters. The lowest BCUT2D eigenvalue weighted by Gasteiger charge is -2.32. The number of piperazine rings is 1. The molecule has 0 bridgehead atoms. The van der Waals surface area contributed by atoms with E-state index >= 15 is 0 Å². The van der Waals surface area contributed by atoms with Crippen molar-refractivity contribution >= 4 is 28.3 Å². The molecule has 33 heavy (non-hydrogen) atoms. The smallest absolute Gasteiger partial charge is 0.236 e. The number of pyridine rings is 1. The molecule has 3 heterocycles. The second-order valence-electron chi connectivity index (χ2n) is 8.36. The Hall–Kier alpha value is -2.66. The molecule has 10 heteroatoms. The Kier molecular flexibility index (Phi) is 6.24. The van der Waals surface area contributed by atoms with Gasteiger partial charge in [-0.1, -0.05) is 30.3 Å². The summed E-state index contributed by atoms with van der Waals surface area (Å²) >= 11 is 5.77. The van der Waals surface area contributed by atoms with Crippen molar-refractivity contribution in [2.24, 2.45) is 0 Å². The van der Waals surface area contributed by atoms with Crippen LogP contribution in [0.1, 0.15) is 24.4 Å². The number of aromatic nitrogens is 4. The molecule has 1 saturated carbocycles. The van der Waals surface area contributed by atoms with Gasteiger partial charge in [0.1, 0.15) is 0 Å². The van der Waals surface area contributed by atoms with Crippen molar-refractivity contribution in [2.75, 3.05) is 26.2 Å². The van der Waals surface area contributed by atoms with Gasteiger partial charge in [0.15, 0.2) is 10.6 Å². The van der Waals surface area contributed by atoms with Gasteiger partial charge in [-0.3, -0.25) is 14.5 Å². The van der Waals surface area contributed by atoms with Gasteiger partial charge in [-0.15, -0.1) is 0 Å². The van der Waals surface area contributed by atoms with E-state index in [0.29, 0.717) is 43.7 Å². The highest BCUT2D eigenvalue weighted by Gasteiger charge is 2.30. The molecule has 5 rings (SSSR count). The highest BCUT2D eigenvalue weighted by molar-refractivity contribution is 7.92. The Labute approximate surface area is 198 Å². The molecule has 2 fully saturated rings. The lowest BCUT2D eigenvalue weighted by molar-refractivity contribution is 0.145. The molecule has 0 spiro atoms. The van der Waals surface area contributed by atoms with Crippen molar-refractivity contribution in [1.29, 1.82) is 0 Å². The molecule has 0 radical (unpaired) electrons. The van der Waals surface area contributed by atoms with Crippen molar-refractivity contribution in [1.82, 2.24) is 28.5 Å². The first-order valence-electron chi connectivity index (χ1n) is 11.1. The van der Waals surface area contributed by atoms with Crippen molar-refractivity contribution in [3.05, 3.63) is 70.6 Å². The number of hydrogen-bond acceptors (Lipinski definition) is 6. The number of nitrogens with zero attached hydrogens (tertiary/aromatic N) is 6. The average Bonchev–Trinajstić information content (AvgIpc) is 3.63. The van der Waals surface area contributed by atoms with Crippen molar-refractivity contribution < 1.29 is 8.42 Å². The van der Waals surface area contributed by atoms with Gasteiger partial charge in [-0.05, 0) is 48.8 Å². The Balaban J connectivity index is 1.26. The van der Waals surface area contributed by atoms with E-state index in [1.807, 2.05) is 47.1 Å². The van der Waals surface area contributed by atoms with Crippen LogP contribution < -0.4 is 0 Å². The SMILES string of the molecule is O=S(=O)(/C=C/c1ccccc1)N1CCN(Cn2nc(-c3ccncc3)n(C3CC3)c2=S)CC1. The van der Waals surface area contributed by atoms with Gasteiger partial charge in [-0.25, -0.2) is 13.1 Å². The van der Waals surface area contributed by atoms with E-state index in [-0.39, 0.29) is 0 Å². The first-order valence-corrected chi connectivity index (χ1v) is 13.0. The topological polar surface area (TPSA) is 76.3 Å². The molecular weight excluding hydrogens is 456 g/mol. The predicted octanol–water partition coefficient (Wildman–Crippen LogP) is 3.39. The Morgan fingerprint density at radius 2 is 1.70 bits per heavy atom. The fourth-order valence-corrected chi connectivity index (χ4v) is 5.51. The van der Waals surface area contributed by atoms with E-state index in [9.17, 15) is 8.42 Å². The summed E-state index contributed by atoms with van der Waals surface area (Å²) < 4.78 is 31.8. The molecule has 1 saturated heterocycles. The number of hydrogen-bond donors (Lipinski definition) is 0. The summed E-state index contributed by atoms with van der Waals surface area (Å²) in [4.78, 5) is 6.30. The van der Waals surface area contributed by atoms with Crippen LogP contribution in [0, 0.1) is 4.77 Å². The maximum atomic E-state index is 12.7. The summed E-state index contributed by atoms with van der Waals surface area (Å²) in [7, 11) is -3.45. The summed E-state index contributed by atoms with van der Waals surface area (Å²) in [5.74, 6) is 0.872. The maximum Gasteiger partial charge on any atom is 0.236 e. The van der Waals surface area contributed by atoms with Crippen molar-refractivity contribution in [2.45, 2.75) is 25.6 Å².